The molecule has 0 aromatic heterocycles. The Bertz CT molecular complexity index is 1110. The maximum absolute atomic E-state index is 12.8. The summed E-state index contributed by atoms with van der Waals surface area (Å²) >= 11 is 0.788. The Morgan fingerprint density at radius 1 is 1.09 bits per heavy atom. The van der Waals surface area contributed by atoms with Gasteiger partial charge >= 0.3 is 0 Å². The molecule has 0 bridgehead atoms. The van der Waals surface area contributed by atoms with Crippen LogP contribution in [0.2, 0.25) is 0 Å². The molecule has 3 amide bonds. The van der Waals surface area contributed by atoms with E-state index in [-0.39, 0.29) is 11.4 Å². The molecule has 2 heterocycles. The molecular weight excluding hydrogens is 458 g/mol. The second kappa shape index (κ2) is 10.6. The summed E-state index contributed by atoms with van der Waals surface area (Å²) in [4.78, 5) is 41.1. The number of nitrogens with zero attached hydrogens (tertiary/aromatic N) is 2. The molecule has 2 fully saturated rings. The van der Waals surface area contributed by atoms with Gasteiger partial charge in [-0.2, -0.15) is 0 Å². The van der Waals surface area contributed by atoms with Crippen molar-refractivity contribution >= 4 is 46.3 Å². The number of benzene rings is 2. The topological polar surface area (TPSA) is 97.4 Å². The maximum atomic E-state index is 12.8. The molecule has 10 heteroatoms. The predicted octanol–water partition coefficient (Wildman–Crippen LogP) is 3.22. The summed E-state index contributed by atoms with van der Waals surface area (Å²) in [5, 5.41) is 2.25. The molecule has 34 heavy (non-hydrogen) atoms. The zero-order chi connectivity index (χ0) is 24.1. The molecule has 1 N–H and O–H groups in total. The fraction of sp³-hybridized carbons (Fsp3) is 0.292. The molecule has 0 unspecified atom stereocenters. The van der Waals surface area contributed by atoms with E-state index in [9.17, 15) is 14.4 Å². The van der Waals surface area contributed by atoms with E-state index in [2.05, 4.69) is 10.2 Å². The Hall–Kier alpha value is -3.50. The largest absolute Gasteiger partial charge is 0.497 e. The lowest BCUT2D eigenvalue weighted by molar-refractivity contribution is -0.127. The van der Waals surface area contributed by atoms with E-state index in [1.54, 1.807) is 43.5 Å². The van der Waals surface area contributed by atoms with Gasteiger partial charge in [0.2, 0.25) is 5.91 Å². The van der Waals surface area contributed by atoms with Gasteiger partial charge in [-0.3, -0.25) is 19.3 Å². The predicted molar refractivity (Wildman–Crippen MR) is 130 cm³/mol. The quantitative estimate of drug-likeness (QED) is 0.600. The zero-order valence-corrected chi connectivity index (χ0v) is 19.7. The van der Waals surface area contributed by atoms with E-state index in [0.29, 0.717) is 36.0 Å². The van der Waals surface area contributed by atoms with Crippen LogP contribution in [0.5, 0.6) is 11.5 Å². The minimum atomic E-state index is -0.523. The highest BCUT2D eigenvalue weighted by atomic mass is 32.2. The number of nitrogens with one attached hydrogen (secondary N) is 1. The molecule has 2 aromatic carbocycles. The lowest BCUT2D eigenvalue weighted by Crippen LogP contribution is -2.36. The summed E-state index contributed by atoms with van der Waals surface area (Å²) in [6.07, 6.45) is 1.57. The lowest BCUT2D eigenvalue weighted by atomic mass is 10.1. The first-order valence-corrected chi connectivity index (χ1v) is 11.5. The van der Waals surface area contributed by atoms with Gasteiger partial charge in [-0.1, -0.05) is 0 Å². The van der Waals surface area contributed by atoms with Crippen LogP contribution in [-0.4, -0.2) is 69.0 Å². The van der Waals surface area contributed by atoms with Crippen LogP contribution in [0.4, 0.5) is 16.2 Å². The van der Waals surface area contributed by atoms with E-state index >= 15 is 0 Å². The first kappa shape index (κ1) is 23.7. The van der Waals surface area contributed by atoms with Crippen molar-refractivity contribution < 1.29 is 28.6 Å². The lowest BCUT2D eigenvalue weighted by Gasteiger charge is -2.28. The van der Waals surface area contributed by atoms with E-state index in [0.717, 1.165) is 35.4 Å². The van der Waals surface area contributed by atoms with Crippen molar-refractivity contribution in [3.05, 3.63) is 52.9 Å². The average molecular weight is 484 g/mol. The summed E-state index contributed by atoms with van der Waals surface area (Å²) < 4.78 is 15.9. The summed E-state index contributed by atoms with van der Waals surface area (Å²) in [6.45, 7) is 2.65. The molecular formula is C24H25N3O6S. The molecule has 9 nitrogen and oxygen atoms in total. The number of anilines is 2. The van der Waals surface area contributed by atoms with Crippen molar-refractivity contribution in [1.82, 2.24) is 4.90 Å². The van der Waals surface area contributed by atoms with Gasteiger partial charge in [0.25, 0.3) is 11.1 Å². The molecule has 2 aliphatic heterocycles. The number of rotatable bonds is 7. The normalized spacial score (nSPS) is 17.3. The number of methoxy groups -OCH3 is 2. The Balaban J connectivity index is 1.39. The summed E-state index contributed by atoms with van der Waals surface area (Å²) in [5.74, 6) is 0.136. The smallest absolute Gasteiger partial charge is 0.294 e. The first-order valence-electron chi connectivity index (χ1n) is 10.7. The molecule has 0 aliphatic carbocycles. The van der Waals surface area contributed by atoms with Crippen LogP contribution >= 0.6 is 11.8 Å². The second-order valence-corrected chi connectivity index (χ2v) is 8.56. The third-order valence-corrected chi connectivity index (χ3v) is 6.34. The first-order chi connectivity index (χ1) is 16.5. The van der Waals surface area contributed by atoms with Crippen molar-refractivity contribution in [2.75, 3.05) is 57.3 Å². The standard InChI is InChI=1S/C24H25N3O6S/c1-31-19-8-3-16(20(14-19)32-2)13-21-23(29)27(24(30)34-21)15-22(28)25-17-4-6-18(7-5-17)26-9-11-33-12-10-26/h3-8,13-14H,9-12,15H2,1-2H3,(H,25,28). The average Bonchev–Trinajstić information content (AvgIpc) is 3.12. The van der Waals surface area contributed by atoms with Gasteiger partial charge in [0.15, 0.2) is 0 Å². The maximum Gasteiger partial charge on any atom is 0.294 e. The monoisotopic (exact) mass is 483 g/mol. The van der Waals surface area contributed by atoms with Gasteiger partial charge in [-0.25, -0.2) is 0 Å². The summed E-state index contributed by atoms with van der Waals surface area (Å²) in [5.41, 5.74) is 2.26. The highest BCUT2D eigenvalue weighted by Gasteiger charge is 2.36. The number of amides is 3. The summed E-state index contributed by atoms with van der Waals surface area (Å²) in [7, 11) is 3.05. The molecule has 0 saturated carbocycles. The third-order valence-electron chi connectivity index (χ3n) is 5.43. The van der Waals surface area contributed by atoms with Crippen LogP contribution in [0, 0.1) is 0 Å². The molecule has 0 radical (unpaired) electrons. The van der Waals surface area contributed by atoms with Crippen LogP contribution in [0.3, 0.4) is 0 Å². The zero-order valence-electron chi connectivity index (χ0n) is 18.9. The van der Waals surface area contributed by atoms with Crippen molar-refractivity contribution in [2.45, 2.75) is 0 Å². The van der Waals surface area contributed by atoms with Crippen molar-refractivity contribution in [3.8, 4) is 11.5 Å². The van der Waals surface area contributed by atoms with E-state index in [4.69, 9.17) is 14.2 Å². The van der Waals surface area contributed by atoms with Crippen LogP contribution in [0.1, 0.15) is 5.56 Å². The van der Waals surface area contributed by atoms with E-state index < -0.39 is 17.1 Å². The Morgan fingerprint density at radius 2 is 1.82 bits per heavy atom. The van der Waals surface area contributed by atoms with Crippen LogP contribution < -0.4 is 19.7 Å². The van der Waals surface area contributed by atoms with Crippen LogP contribution in [0.15, 0.2) is 47.4 Å². The molecule has 0 spiro atoms. The highest BCUT2D eigenvalue weighted by molar-refractivity contribution is 8.18. The number of hydrogen-bond donors (Lipinski definition) is 1. The minimum Gasteiger partial charge on any atom is -0.497 e. The summed E-state index contributed by atoms with van der Waals surface area (Å²) in [6, 6.07) is 12.6. The number of carbonyl (C=O) groups excluding carboxylic acids is 3. The van der Waals surface area contributed by atoms with Gasteiger partial charge in [0.1, 0.15) is 18.0 Å². The molecule has 4 rings (SSSR count). The van der Waals surface area contributed by atoms with Gasteiger partial charge in [0.05, 0.1) is 32.3 Å². The number of imide groups is 1. The fourth-order valence-electron chi connectivity index (χ4n) is 3.64. The van der Waals surface area contributed by atoms with Crippen LogP contribution in [0.25, 0.3) is 6.08 Å². The van der Waals surface area contributed by atoms with E-state index in [1.165, 1.54) is 7.11 Å². The molecule has 2 aromatic rings. The molecule has 0 atom stereocenters. The third kappa shape index (κ3) is 5.35. The van der Waals surface area contributed by atoms with Gasteiger partial charge in [0, 0.05) is 36.1 Å². The number of ether oxygens (including phenoxy) is 3. The Labute approximate surface area is 201 Å². The molecule has 2 saturated heterocycles. The fourth-order valence-corrected chi connectivity index (χ4v) is 4.47. The number of carbonyl (C=O) groups is 3. The van der Waals surface area contributed by atoms with Crippen molar-refractivity contribution in [3.63, 3.8) is 0 Å². The Kier molecular flexibility index (Phi) is 7.39. The minimum absolute atomic E-state index is 0.219. The van der Waals surface area contributed by atoms with Crippen LogP contribution in [-0.2, 0) is 14.3 Å². The highest BCUT2D eigenvalue weighted by Crippen LogP contribution is 2.35. The molecule has 2 aliphatic rings. The Morgan fingerprint density at radius 3 is 2.50 bits per heavy atom. The number of morpholine rings is 1. The van der Waals surface area contributed by atoms with Gasteiger partial charge < -0.3 is 24.4 Å². The SMILES string of the molecule is COc1ccc(C=C2SC(=O)N(CC(=O)Nc3ccc(N4CCOCC4)cc3)C2=O)c(OC)c1. The van der Waals surface area contributed by atoms with E-state index in [1.807, 2.05) is 12.1 Å². The van der Waals surface area contributed by atoms with Gasteiger partial charge in [-0.15, -0.1) is 0 Å². The number of thioether (sulfide) groups is 1. The van der Waals surface area contributed by atoms with Gasteiger partial charge in [-0.05, 0) is 54.2 Å². The second-order valence-electron chi connectivity index (χ2n) is 7.57. The number of hydrogen-bond acceptors (Lipinski definition) is 8. The van der Waals surface area contributed by atoms with Crippen molar-refractivity contribution in [2.24, 2.45) is 0 Å². The molecule has 178 valence electrons. The van der Waals surface area contributed by atoms with Crippen molar-refractivity contribution in [1.29, 1.82) is 0 Å².